The molecule has 6 nitrogen and oxygen atoms in total. The van der Waals surface area contributed by atoms with Crippen LogP contribution in [0.15, 0.2) is 29.9 Å². The van der Waals surface area contributed by atoms with E-state index in [1.807, 2.05) is 24.4 Å². The highest BCUT2D eigenvalue weighted by molar-refractivity contribution is 7.80. The van der Waals surface area contributed by atoms with Gasteiger partial charge in [-0.15, -0.1) is 11.3 Å². The van der Waals surface area contributed by atoms with Gasteiger partial charge in [0.15, 0.2) is 18.9 Å². The van der Waals surface area contributed by atoms with E-state index < -0.39 is 10.4 Å². The molecule has 2 aromatic heterocycles. The van der Waals surface area contributed by atoms with Gasteiger partial charge < -0.3 is 0 Å². The molecule has 8 heteroatoms. The summed E-state index contributed by atoms with van der Waals surface area (Å²) in [5.41, 5.74) is 1.92. The highest BCUT2D eigenvalue weighted by Gasteiger charge is 2.08. The molecule has 0 aliphatic rings. The molecule has 0 saturated carbocycles. The van der Waals surface area contributed by atoms with E-state index in [9.17, 15) is 8.42 Å². The number of hydrogen-bond donors (Lipinski definition) is 1. The molecule has 2 aromatic rings. The van der Waals surface area contributed by atoms with Crippen molar-refractivity contribution in [2.75, 3.05) is 6.61 Å². The van der Waals surface area contributed by atoms with Crippen molar-refractivity contribution in [2.24, 2.45) is 0 Å². The van der Waals surface area contributed by atoms with Gasteiger partial charge in [-0.2, -0.15) is 8.42 Å². The summed E-state index contributed by atoms with van der Waals surface area (Å²) in [6, 6.07) is 3.78. The molecule has 0 atom stereocenters. The van der Waals surface area contributed by atoms with Gasteiger partial charge in [-0.25, -0.2) is 13.7 Å². The molecule has 0 aliphatic carbocycles. The van der Waals surface area contributed by atoms with Crippen molar-refractivity contribution in [2.45, 2.75) is 13.5 Å². The van der Waals surface area contributed by atoms with E-state index in [2.05, 4.69) is 9.17 Å². The van der Waals surface area contributed by atoms with Crippen LogP contribution in [0.4, 0.5) is 0 Å². The lowest BCUT2D eigenvalue weighted by Gasteiger charge is -1.98. The molecule has 0 bridgehead atoms. The summed E-state index contributed by atoms with van der Waals surface area (Å²) in [5.74, 6) is 0. The Morgan fingerprint density at radius 3 is 2.63 bits per heavy atom. The maximum atomic E-state index is 10.4. The van der Waals surface area contributed by atoms with E-state index in [1.54, 1.807) is 28.3 Å². The molecule has 0 saturated heterocycles. The number of nitrogens with zero attached hydrogens (tertiary/aromatic N) is 2. The Balaban J connectivity index is 1.99. The number of aryl methyl sites for hydroxylation is 1. The van der Waals surface area contributed by atoms with Crippen LogP contribution in [0.1, 0.15) is 5.01 Å². The normalized spacial score (nSPS) is 11.7. The Bertz CT molecular complexity index is 650. The van der Waals surface area contributed by atoms with E-state index in [1.165, 1.54) is 0 Å². The quantitative estimate of drug-likeness (QED) is 0.663. The minimum Gasteiger partial charge on any atom is -0.264 e. The summed E-state index contributed by atoms with van der Waals surface area (Å²) in [6.07, 6.45) is 3.61. The zero-order valence-electron chi connectivity index (χ0n) is 10.2. The number of rotatable bonds is 5. The first kappa shape index (κ1) is 14.1. The van der Waals surface area contributed by atoms with Crippen LogP contribution < -0.4 is 4.57 Å². The van der Waals surface area contributed by atoms with Gasteiger partial charge in [0.2, 0.25) is 0 Å². The van der Waals surface area contributed by atoms with Gasteiger partial charge in [0.1, 0.15) is 6.61 Å². The lowest BCUT2D eigenvalue weighted by atomic mass is 10.2. The second-order valence-electron chi connectivity index (χ2n) is 3.83. The third-order valence-corrected chi connectivity index (χ3v) is 3.63. The van der Waals surface area contributed by atoms with Crippen molar-refractivity contribution < 1.29 is 21.7 Å². The minimum atomic E-state index is -4.36. The van der Waals surface area contributed by atoms with Gasteiger partial charge in [0.25, 0.3) is 0 Å². The molecule has 0 radical (unpaired) electrons. The Morgan fingerprint density at radius 1 is 1.42 bits per heavy atom. The van der Waals surface area contributed by atoms with Crippen LogP contribution in [0, 0.1) is 6.92 Å². The van der Waals surface area contributed by atoms with Gasteiger partial charge in [0.05, 0.1) is 10.7 Å². The zero-order chi connectivity index (χ0) is 13.9. The lowest BCUT2D eigenvalue weighted by molar-refractivity contribution is -0.697. The molecule has 0 aromatic carbocycles. The summed E-state index contributed by atoms with van der Waals surface area (Å²) in [5, 5.41) is 2.99. The zero-order valence-corrected chi connectivity index (χ0v) is 11.8. The molecular formula is C11H13N2O4S2+. The van der Waals surface area contributed by atoms with Crippen molar-refractivity contribution in [1.82, 2.24) is 4.98 Å². The van der Waals surface area contributed by atoms with E-state index in [-0.39, 0.29) is 6.61 Å². The first-order chi connectivity index (χ1) is 8.94. The summed E-state index contributed by atoms with van der Waals surface area (Å²) >= 11 is 1.59. The molecule has 19 heavy (non-hydrogen) atoms. The van der Waals surface area contributed by atoms with Crippen LogP contribution in [0.5, 0.6) is 0 Å². The number of hydrogen-bond acceptors (Lipinski definition) is 5. The van der Waals surface area contributed by atoms with Crippen LogP contribution in [0.25, 0.3) is 11.3 Å². The molecule has 0 amide bonds. The fourth-order valence-corrected chi connectivity index (χ4v) is 2.43. The Morgan fingerprint density at radius 2 is 2.11 bits per heavy atom. The van der Waals surface area contributed by atoms with Gasteiger partial charge >= 0.3 is 10.4 Å². The van der Waals surface area contributed by atoms with Crippen molar-refractivity contribution >= 4 is 21.7 Å². The van der Waals surface area contributed by atoms with Crippen molar-refractivity contribution in [3.05, 3.63) is 34.9 Å². The fourth-order valence-electron chi connectivity index (χ4n) is 1.52. The van der Waals surface area contributed by atoms with Gasteiger partial charge in [-0.05, 0) is 6.92 Å². The summed E-state index contributed by atoms with van der Waals surface area (Å²) in [7, 11) is -4.36. The molecule has 0 unspecified atom stereocenters. The molecule has 0 fully saturated rings. The molecular weight excluding hydrogens is 288 g/mol. The fraction of sp³-hybridized carbons (Fsp3) is 0.273. The third-order valence-electron chi connectivity index (χ3n) is 2.39. The lowest BCUT2D eigenvalue weighted by Crippen LogP contribution is -2.35. The summed E-state index contributed by atoms with van der Waals surface area (Å²) in [6.45, 7) is 2.17. The highest BCUT2D eigenvalue weighted by Crippen LogP contribution is 2.19. The van der Waals surface area contributed by atoms with Gasteiger partial charge in [-0.3, -0.25) is 4.55 Å². The number of aromatic nitrogens is 2. The second-order valence-corrected chi connectivity index (χ2v) is 5.98. The molecule has 1 N–H and O–H groups in total. The van der Waals surface area contributed by atoms with E-state index in [0.29, 0.717) is 6.54 Å². The molecule has 102 valence electrons. The maximum absolute atomic E-state index is 10.4. The monoisotopic (exact) mass is 301 g/mol. The van der Waals surface area contributed by atoms with Crippen LogP contribution in [0.2, 0.25) is 0 Å². The SMILES string of the molecule is Cc1nc(-c2cc[n+](CCOS(=O)(=O)O)cc2)cs1. The average Bonchev–Trinajstić information content (AvgIpc) is 2.75. The molecule has 2 rings (SSSR count). The Labute approximate surface area is 115 Å². The second kappa shape index (κ2) is 5.74. The first-order valence-corrected chi connectivity index (χ1v) is 7.72. The Hall–Kier alpha value is -1.35. The maximum Gasteiger partial charge on any atom is 0.397 e. The minimum absolute atomic E-state index is 0.112. The molecule has 0 spiro atoms. The third kappa shape index (κ3) is 4.35. The van der Waals surface area contributed by atoms with Gasteiger partial charge in [-0.1, -0.05) is 0 Å². The smallest absolute Gasteiger partial charge is 0.264 e. The molecule has 0 aliphatic heterocycles. The van der Waals surface area contributed by atoms with E-state index >= 15 is 0 Å². The first-order valence-electron chi connectivity index (χ1n) is 5.47. The van der Waals surface area contributed by atoms with Gasteiger partial charge in [0, 0.05) is 23.1 Å². The van der Waals surface area contributed by atoms with Crippen molar-refractivity contribution in [3.8, 4) is 11.3 Å². The predicted molar refractivity (Wildman–Crippen MR) is 70.0 cm³/mol. The number of pyridine rings is 1. The number of thiazole rings is 1. The predicted octanol–water partition coefficient (Wildman–Crippen LogP) is 1.23. The van der Waals surface area contributed by atoms with Crippen LogP contribution >= 0.6 is 11.3 Å². The molecule has 2 heterocycles. The van der Waals surface area contributed by atoms with Crippen LogP contribution in [0.3, 0.4) is 0 Å². The van der Waals surface area contributed by atoms with Crippen molar-refractivity contribution in [1.29, 1.82) is 0 Å². The average molecular weight is 301 g/mol. The largest absolute Gasteiger partial charge is 0.397 e. The topological polar surface area (TPSA) is 80.4 Å². The van der Waals surface area contributed by atoms with E-state index in [0.717, 1.165) is 16.3 Å². The summed E-state index contributed by atoms with van der Waals surface area (Å²) in [4.78, 5) is 4.38. The van der Waals surface area contributed by atoms with Crippen LogP contribution in [-0.2, 0) is 21.1 Å². The Kier molecular flexibility index (Phi) is 4.25. The van der Waals surface area contributed by atoms with Crippen LogP contribution in [-0.4, -0.2) is 24.6 Å². The standard InChI is InChI=1S/C11H12N2O4S2/c1-9-12-11(8-18-9)10-2-4-13(5-3-10)6-7-17-19(14,15)16/h2-5,8H,6-7H2,1H3/p+1. The van der Waals surface area contributed by atoms with E-state index in [4.69, 9.17) is 4.55 Å². The highest BCUT2D eigenvalue weighted by atomic mass is 32.3. The summed E-state index contributed by atoms with van der Waals surface area (Å²) < 4.78 is 35.2. The van der Waals surface area contributed by atoms with Crippen molar-refractivity contribution in [3.63, 3.8) is 0 Å².